The largest absolute Gasteiger partial charge is 0.299 e. The van der Waals surface area contributed by atoms with E-state index in [0.29, 0.717) is 0 Å². The molecule has 2 heteroatoms. The van der Waals surface area contributed by atoms with Crippen LogP contribution in [0.5, 0.6) is 0 Å². The Kier molecular flexibility index (Phi) is 3.65. The number of Topliss-reactive ketones (excluding diaryl/α,β-unsaturated/α-hetero) is 1. The zero-order valence-corrected chi connectivity index (χ0v) is 9.57. The molecule has 78 valence electrons. The van der Waals surface area contributed by atoms with Crippen molar-refractivity contribution >= 4 is 5.78 Å². The van der Waals surface area contributed by atoms with E-state index in [1.807, 2.05) is 41.5 Å². The number of hydrogen-bond acceptors (Lipinski definition) is 1. The van der Waals surface area contributed by atoms with Crippen molar-refractivity contribution in [2.24, 2.45) is 10.8 Å². The summed E-state index contributed by atoms with van der Waals surface area (Å²) < 4.78 is 13.5. The van der Waals surface area contributed by atoms with E-state index in [-0.39, 0.29) is 12.2 Å². The van der Waals surface area contributed by atoms with Crippen LogP contribution in [-0.2, 0) is 4.79 Å². The normalized spacial score (nSPS) is 15.6. The second-order valence-electron chi connectivity index (χ2n) is 5.71. The van der Waals surface area contributed by atoms with Crippen LogP contribution in [0.2, 0.25) is 0 Å². The van der Waals surface area contributed by atoms with E-state index in [9.17, 15) is 9.18 Å². The van der Waals surface area contributed by atoms with Gasteiger partial charge >= 0.3 is 0 Å². The monoisotopic (exact) mass is 188 g/mol. The predicted molar refractivity (Wildman–Crippen MR) is 53.4 cm³/mol. The first-order chi connectivity index (χ1) is 5.55. The molecule has 0 aromatic heterocycles. The Morgan fingerprint density at radius 2 is 1.54 bits per heavy atom. The van der Waals surface area contributed by atoms with E-state index in [0.717, 1.165) is 0 Å². The van der Waals surface area contributed by atoms with Crippen molar-refractivity contribution in [3.63, 3.8) is 0 Å². The van der Waals surface area contributed by atoms with Gasteiger partial charge in [-0.1, -0.05) is 41.5 Å². The third-order valence-corrected chi connectivity index (χ3v) is 2.14. The third kappa shape index (κ3) is 4.39. The summed E-state index contributed by atoms with van der Waals surface area (Å²) in [5.41, 5.74) is -0.851. The average molecular weight is 188 g/mol. The summed E-state index contributed by atoms with van der Waals surface area (Å²) in [7, 11) is 0. The van der Waals surface area contributed by atoms with Gasteiger partial charge in [0.2, 0.25) is 0 Å². The van der Waals surface area contributed by atoms with Crippen molar-refractivity contribution in [3.05, 3.63) is 0 Å². The van der Waals surface area contributed by atoms with Crippen LogP contribution in [0.15, 0.2) is 0 Å². The Labute approximate surface area is 80.7 Å². The van der Waals surface area contributed by atoms with Gasteiger partial charge in [-0.05, 0) is 5.41 Å². The molecular formula is C11H21FO. The van der Waals surface area contributed by atoms with Crippen LogP contribution in [0.3, 0.4) is 0 Å². The lowest BCUT2D eigenvalue weighted by atomic mass is 9.81. The van der Waals surface area contributed by atoms with E-state index < -0.39 is 17.0 Å². The van der Waals surface area contributed by atoms with Crippen LogP contribution in [0, 0.1) is 10.8 Å². The van der Waals surface area contributed by atoms with Gasteiger partial charge in [0.15, 0.2) is 0 Å². The molecule has 0 rings (SSSR count). The molecule has 1 unspecified atom stereocenters. The molecule has 0 heterocycles. The molecule has 0 radical (unpaired) electrons. The quantitative estimate of drug-likeness (QED) is 0.649. The molecular weight excluding hydrogens is 167 g/mol. The lowest BCUT2D eigenvalue weighted by molar-refractivity contribution is -0.128. The SMILES string of the molecule is CC(C)(C)C(=O)CC(F)C(C)(C)C. The van der Waals surface area contributed by atoms with Gasteiger partial charge in [-0.25, -0.2) is 4.39 Å². The molecule has 0 aliphatic heterocycles. The minimum atomic E-state index is -1.04. The predicted octanol–water partition coefficient (Wildman–Crippen LogP) is 3.38. The van der Waals surface area contributed by atoms with Crippen LogP contribution < -0.4 is 0 Å². The molecule has 0 fully saturated rings. The maximum absolute atomic E-state index is 13.5. The van der Waals surface area contributed by atoms with Gasteiger partial charge in [-0.3, -0.25) is 4.79 Å². The molecule has 0 saturated carbocycles. The fourth-order valence-electron chi connectivity index (χ4n) is 0.775. The maximum Gasteiger partial charge on any atom is 0.141 e. The lowest BCUT2D eigenvalue weighted by Crippen LogP contribution is -2.30. The van der Waals surface area contributed by atoms with Gasteiger partial charge in [0, 0.05) is 11.8 Å². The molecule has 13 heavy (non-hydrogen) atoms. The van der Waals surface area contributed by atoms with E-state index in [1.54, 1.807) is 0 Å². The highest BCUT2D eigenvalue weighted by atomic mass is 19.1. The maximum atomic E-state index is 13.5. The molecule has 0 aliphatic carbocycles. The van der Waals surface area contributed by atoms with Crippen molar-refractivity contribution in [1.82, 2.24) is 0 Å². The van der Waals surface area contributed by atoms with Gasteiger partial charge in [0.05, 0.1) is 0 Å². The van der Waals surface area contributed by atoms with Crippen LogP contribution in [0.4, 0.5) is 4.39 Å². The van der Waals surface area contributed by atoms with Crippen molar-refractivity contribution in [2.75, 3.05) is 0 Å². The van der Waals surface area contributed by atoms with Crippen molar-refractivity contribution in [3.8, 4) is 0 Å². The Hall–Kier alpha value is -0.400. The van der Waals surface area contributed by atoms with Crippen molar-refractivity contribution in [1.29, 1.82) is 0 Å². The Bertz CT molecular complexity index is 183. The first-order valence-electron chi connectivity index (χ1n) is 4.72. The minimum Gasteiger partial charge on any atom is -0.299 e. The van der Waals surface area contributed by atoms with E-state index in [1.165, 1.54) is 0 Å². The third-order valence-electron chi connectivity index (χ3n) is 2.14. The molecule has 1 atom stereocenters. The van der Waals surface area contributed by atoms with Crippen molar-refractivity contribution < 1.29 is 9.18 Å². The zero-order chi connectivity index (χ0) is 10.9. The summed E-state index contributed by atoms with van der Waals surface area (Å²) in [4.78, 5) is 11.5. The standard InChI is InChI=1S/C11H21FO/c1-10(2,3)8(12)7-9(13)11(4,5)6/h8H,7H2,1-6H3. The smallest absolute Gasteiger partial charge is 0.141 e. The topological polar surface area (TPSA) is 17.1 Å². The molecule has 0 N–H and O–H groups in total. The number of carbonyl (C=O) groups excluding carboxylic acids is 1. The van der Waals surface area contributed by atoms with Crippen LogP contribution >= 0.6 is 0 Å². The Morgan fingerprint density at radius 1 is 1.15 bits per heavy atom. The molecule has 0 spiro atoms. The van der Waals surface area contributed by atoms with Crippen LogP contribution in [0.25, 0.3) is 0 Å². The molecule has 0 bridgehead atoms. The number of ketones is 1. The highest BCUT2D eigenvalue weighted by molar-refractivity contribution is 5.84. The summed E-state index contributed by atoms with van der Waals surface area (Å²) in [5.74, 6) is -0.00470. The summed E-state index contributed by atoms with van der Waals surface area (Å²) in [6.45, 7) is 10.9. The molecule has 0 aromatic carbocycles. The summed E-state index contributed by atoms with van der Waals surface area (Å²) in [6.07, 6.45) is -1.01. The second-order valence-corrected chi connectivity index (χ2v) is 5.71. The Morgan fingerprint density at radius 3 is 1.77 bits per heavy atom. The minimum absolute atomic E-state index is 0.00470. The molecule has 0 aromatic rings. The number of alkyl halides is 1. The van der Waals surface area contributed by atoms with E-state index >= 15 is 0 Å². The molecule has 0 saturated heterocycles. The number of carbonyl (C=O) groups is 1. The fourth-order valence-corrected chi connectivity index (χ4v) is 0.775. The van der Waals surface area contributed by atoms with E-state index in [4.69, 9.17) is 0 Å². The van der Waals surface area contributed by atoms with Gasteiger partial charge in [0.25, 0.3) is 0 Å². The first kappa shape index (κ1) is 12.6. The molecule has 0 amide bonds. The Balaban J connectivity index is 4.24. The summed E-state index contributed by atoms with van der Waals surface area (Å²) in [6, 6.07) is 0. The fraction of sp³-hybridized carbons (Fsp3) is 0.909. The van der Waals surface area contributed by atoms with Gasteiger partial charge in [-0.2, -0.15) is 0 Å². The van der Waals surface area contributed by atoms with Crippen LogP contribution in [0.1, 0.15) is 48.0 Å². The van der Waals surface area contributed by atoms with Crippen LogP contribution in [-0.4, -0.2) is 12.0 Å². The average Bonchev–Trinajstić information content (AvgIpc) is 1.82. The zero-order valence-electron chi connectivity index (χ0n) is 9.57. The number of hydrogen-bond donors (Lipinski definition) is 0. The van der Waals surface area contributed by atoms with Gasteiger partial charge in [-0.15, -0.1) is 0 Å². The summed E-state index contributed by atoms with van der Waals surface area (Å²) >= 11 is 0. The van der Waals surface area contributed by atoms with E-state index in [2.05, 4.69) is 0 Å². The van der Waals surface area contributed by atoms with Gasteiger partial charge in [0.1, 0.15) is 12.0 Å². The molecule has 1 nitrogen and oxygen atoms in total. The number of rotatable bonds is 2. The molecule has 0 aliphatic rings. The van der Waals surface area contributed by atoms with Gasteiger partial charge < -0.3 is 0 Å². The lowest BCUT2D eigenvalue weighted by Gasteiger charge is -2.26. The highest BCUT2D eigenvalue weighted by Crippen LogP contribution is 2.28. The summed E-state index contributed by atoms with van der Waals surface area (Å²) in [5, 5.41) is 0. The van der Waals surface area contributed by atoms with Crippen molar-refractivity contribution in [2.45, 2.75) is 54.1 Å². The second kappa shape index (κ2) is 3.77. The highest BCUT2D eigenvalue weighted by Gasteiger charge is 2.30. The number of halogens is 1. The first-order valence-corrected chi connectivity index (χ1v) is 4.72.